The lowest BCUT2D eigenvalue weighted by Gasteiger charge is -2.17. The number of aromatic nitrogens is 2. The zero-order valence-corrected chi connectivity index (χ0v) is 14.3. The smallest absolute Gasteiger partial charge is 0.231 e. The number of benzene rings is 1. The third kappa shape index (κ3) is 3.53. The van der Waals surface area contributed by atoms with Crippen LogP contribution in [0.5, 0.6) is 5.75 Å². The summed E-state index contributed by atoms with van der Waals surface area (Å²) in [4.78, 5) is 26.2. The van der Waals surface area contributed by atoms with E-state index in [1.54, 1.807) is 4.90 Å². The lowest BCUT2D eigenvalue weighted by molar-refractivity contribution is -0.122. The van der Waals surface area contributed by atoms with E-state index in [1.165, 1.54) is 11.3 Å². The average molecular weight is 346 g/mol. The largest absolute Gasteiger partial charge is 0.494 e. The van der Waals surface area contributed by atoms with E-state index in [1.807, 2.05) is 38.1 Å². The van der Waals surface area contributed by atoms with Crippen LogP contribution in [0.15, 0.2) is 24.3 Å². The summed E-state index contributed by atoms with van der Waals surface area (Å²) in [6.07, 6.45) is 0.191. The van der Waals surface area contributed by atoms with Crippen molar-refractivity contribution in [1.82, 2.24) is 10.2 Å². The van der Waals surface area contributed by atoms with Crippen molar-refractivity contribution in [3.8, 4) is 5.75 Å². The van der Waals surface area contributed by atoms with Crippen LogP contribution < -0.4 is 15.0 Å². The Bertz CT molecular complexity index is 744. The van der Waals surface area contributed by atoms with Gasteiger partial charge in [0.1, 0.15) is 10.8 Å². The summed E-state index contributed by atoms with van der Waals surface area (Å²) >= 11 is 1.31. The quantitative estimate of drug-likeness (QED) is 0.897. The fourth-order valence-corrected chi connectivity index (χ4v) is 3.17. The van der Waals surface area contributed by atoms with Crippen LogP contribution >= 0.6 is 11.3 Å². The predicted molar refractivity (Wildman–Crippen MR) is 91.3 cm³/mol. The molecule has 8 heteroatoms. The number of hydrogen-bond acceptors (Lipinski definition) is 6. The summed E-state index contributed by atoms with van der Waals surface area (Å²) in [6, 6.07) is 7.31. The van der Waals surface area contributed by atoms with Crippen LogP contribution in [0.2, 0.25) is 0 Å². The summed E-state index contributed by atoms with van der Waals surface area (Å²) in [5.41, 5.74) is 0.769. The van der Waals surface area contributed by atoms with Gasteiger partial charge in [-0.3, -0.25) is 9.59 Å². The summed E-state index contributed by atoms with van der Waals surface area (Å²) in [6.45, 7) is 4.69. The maximum absolute atomic E-state index is 12.3. The molecule has 1 aliphatic heterocycles. The van der Waals surface area contributed by atoms with Gasteiger partial charge in [-0.15, -0.1) is 10.2 Å². The molecule has 126 valence electrons. The number of carbonyl (C=O) groups excluding carboxylic acids is 2. The van der Waals surface area contributed by atoms with Gasteiger partial charge in [-0.05, 0) is 38.1 Å². The molecule has 1 saturated heterocycles. The molecule has 1 fully saturated rings. The van der Waals surface area contributed by atoms with Gasteiger partial charge in [-0.2, -0.15) is 0 Å². The highest BCUT2D eigenvalue weighted by Crippen LogP contribution is 2.28. The molecular weight excluding hydrogens is 328 g/mol. The van der Waals surface area contributed by atoms with Crippen molar-refractivity contribution in [1.29, 1.82) is 0 Å². The number of aryl methyl sites for hydroxylation is 1. The second-order valence-electron chi connectivity index (χ2n) is 5.45. The zero-order chi connectivity index (χ0) is 17.1. The normalized spacial score (nSPS) is 17.2. The minimum atomic E-state index is -0.395. The topological polar surface area (TPSA) is 84.4 Å². The van der Waals surface area contributed by atoms with E-state index in [4.69, 9.17) is 4.74 Å². The third-order valence-corrected chi connectivity index (χ3v) is 4.47. The van der Waals surface area contributed by atoms with Crippen LogP contribution in [0.3, 0.4) is 0 Å². The first-order valence-corrected chi connectivity index (χ1v) is 8.52. The highest BCUT2D eigenvalue weighted by atomic mass is 32.1. The Labute approximate surface area is 143 Å². The van der Waals surface area contributed by atoms with Crippen LogP contribution in [0, 0.1) is 12.8 Å². The zero-order valence-electron chi connectivity index (χ0n) is 13.5. The van der Waals surface area contributed by atoms with Gasteiger partial charge in [-0.1, -0.05) is 11.3 Å². The van der Waals surface area contributed by atoms with E-state index in [9.17, 15) is 9.59 Å². The lowest BCUT2D eigenvalue weighted by Crippen LogP contribution is -2.28. The Morgan fingerprint density at radius 2 is 2.12 bits per heavy atom. The molecule has 24 heavy (non-hydrogen) atoms. The van der Waals surface area contributed by atoms with Crippen molar-refractivity contribution in [2.24, 2.45) is 5.92 Å². The minimum Gasteiger partial charge on any atom is -0.494 e. The SMILES string of the molecule is CCOc1ccc(N2C[C@H](C(=O)Nc3nnc(C)s3)CC2=O)cc1. The number of rotatable bonds is 5. The van der Waals surface area contributed by atoms with Crippen LogP contribution in [-0.2, 0) is 9.59 Å². The molecule has 0 radical (unpaired) electrons. The van der Waals surface area contributed by atoms with Gasteiger partial charge in [0.2, 0.25) is 16.9 Å². The molecule has 1 aromatic heterocycles. The fraction of sp³-hybridized carbons (Fsp3) is 0.375. The highest BCUT2D eigenvalue weighted by Gasteiger charge is 2.35. The maximum atomic E-state index is 12.3. The van der Waals surface area contributed by atoms with E-state index in [2.05, 4.69) is 15.5 Å². The number of amides is 2. The Balaban J connectivity index is 1.65. The molecule has 3 rings (SSSR count). The summed E-state index contributed by atoms with van der Waals surface area (Å²) in [5, 5.41) is 11.7. The summed E-state index contributed by atoms with van der Waals surface area (Å²) < 4.78 is 5.40. The number of nitrogens with zero attached hydrogens (tertiary/aromatic N) is 3. The molecule has 0 unspecified atom stereocenters. The van der Waals surface area contributed by atoms with Gasteiger partial charge in [0.15, 0.2) is 0 Å². The Kier molecular flexibility index (Phi) is 4.75. The molecule has 0 saturated carbocycles. The Hall–Kier alpha value is -2.48. The van der Waals surface area contributed by atoms with Crippen molar-refractivity contribution in [2.45, 2.75) is 20.3 Å². The molecule has 1 aromatic carbocycles. The first-order chi connectivity index (χ1) is 11.6. The van der Waals surface area contributed by atoms with E-state index >= 15 is 0 Å². The third-order valence-electron chi connectivity index (χ3n) is 3.71. The first-order valence-electron chi connectivity index (χ1n) is 7.71. The van der Waals surface area contributed by atoms with Crippen molar-refractivity contribution < 1.29 is 14.3 Å². The van der Waals surface area contributed by atoms with Crippen molar-refractivity contribution in [2.75, 3.05) is 23.4 Å². The van der Waals surface area contributed by atoms with E-state index in [-0.39, 0.29) is 18.2 Å². The highest BCUT2D eigenvalue weighted by molar-refractivity contribution is 7.15. The Morgan fingerprint density at radius 1 is 1.38 bits per heavy atom. The standard InChI is InChI=1S/C16H18N4O3S/c1-3-23-13-6-4-12(5-7-13)20-9-11(8-14(20)21)15(22)17-16-19-18-10(2)24-16/h4-7,11H,3,8-9H2,1-2H3,(H,17,19,22)/t11-/m1/s1. The minimum absolute atomic E-state index is 0.0623. The maximum Gasteiger partial charge on any atom is 0.231 e. The monoisotopic (exact) mass is 346 g/mol. The molecule has 0 bridgehead atoms. The van der Waals surface area contributed by atoms with Crippen LogP contribution in [0.25, 0.3) is 0 Å². The van der Waals surface area contributed by atoms with Crippen molar-refractivity contribution in [3.63, 3.8) is 0 Å². The van der Waals surface area contributed by atoms with Crippen molar-refractivity contribution >= 4 is 34.0 Å². The van der Waals surface area contributed by atoms with E-state index < -0.39 is 5.92 Å². The fourth-order valence-electron chi connectivity index (χ4n) is 2.58. The van der Waals surface area contributed by atoms with Gasteiger partial charge in [0, 0.05) is 18.7 Å². The molecule has 1 N–H and O–H groups in total. The second-order valence-corrected chi connectivity index (χ2v) is 6.63. The van der Waals surface area contributed by atoms with Gasteiger partial charge in [-0.25, -0.2) is 0 Å². The Morgan fingerprint density at radius 3 is 2.75 bits per heavy atom. The van der Waals surface area contributed by atoms with Crippen LogP contribution in [0.1, 0.15) is 18.4 Å². The average Bonchev–Trinajstić information content (AvgIpc) is 3.14. The number of nitrogens with one attached hydrogen (secondary N) is 1. The molecule has 0 spiro atoms. The molecular formula is C16H18N4O3S. The molecule has 0 aliphatic carbocycles. The number of anilines is 2. The molecule has 2 aromatic rings. The van der Waals surface area contributed by atoms with Gasteiger partial charge in [0.05, 0.1) is 12.5 Å². The van der Waals surface area contributed by atoms with E-state index in [0.29, 0.717) is 18.3 Å². The summed E-state index contributed by atoms with van der Waals surface area (Å²) in [5.74, 6) is 0.0998. The molecule has 2 amide bonds. The molecule has 1 atom stereocenters. The van der Waals surface area contributed by atoms with Gasteiger partial charge in [0.25, 0.3) is 0 Å². The van der Waals surface area contributed by atoms with Gasteiger partial charge < -0.3 is 15.0 Å². The molecule has 7 nitrogen and oxygen atoms in total. The van der Waals surface area contributed by atoms with Crippen LogP contribution in [-0.4, -0.2) is 35.2 Å². The number of hydrogen-bond donors (Lipinski definition) is 1. The predicted octanol–water partition coefficient (Wildman–Crippen LogP) is 2.24. The van der Waals surface area contributed by atoms with Crippen molar-refractivity contribution in [3.05, 3.63) is 29.3 Å². The molecule has 2 heterocycles. The first kappa shape index (κ1) is 16.4. The number of carbonyl (C=O) groups is 2. The second kappa shape index (κ2) is 6.96. The van der Waals surface area contributed by atoms with Crippen LogP contribution in [0.4, 0.5) is 10.8 Å². The lowest BCUT2D eigenvalue weighted by atomic mass is 10.1. The van der Waals surface area contributed by atoms with Gasteiger partial charge >= 0.3 is 0 Å². The number of ether oxygens (including phenoxy) is 1. The molecule has 1 aliphatic rings. The summed E-state index contributed by atoms with van der Waals surface area (Å²) in [7, 11) is 0. The van der Waals surface area contributed by atoms with E-state index in [0.717, 1.165) is 16.4 Å².